The molecule has 0 radical (unpaired) electrons. The summed E-state index contributed by atoms with van der Waals surface area (Å²) >= 11 is 4.32. The number of methoxy groups -OCH3 is 1. The minimum absolute atomic E-state index is 0.414. The zero-order chi connectivity index (χ0) is 17.0. The normalized spacial score (nSPS) is 12.7. The second-order valence-electron chi connectivity index (χ2n) is 6.23. The maximum absolute atomic E-state index is 6.05. The molecule has 1 unspecified atom stereocenters. The summed E-state index contributed by atoms with van der Waals surface area (Å²) in [6.07, 6.45) is 14.4. The van der Waals surface area contributed by atoms with Crippen LogP contribution >= 0.6 is 12.6 Å². The molecule has 0 aromatic rings. The molecule has 0 fully saturated rings. The molecule has 1 atom stereocenters. The lowest BCUT2D eigenvalue weighted by Gasteiger charge is -2.17. The van der Waals surface area contributed by atoms with Gasteiger partial charge < -0.3 is 14.2 Å². The van der Waals surface area contributed by atoms with Crippen molar-refractivity contribution in [2.75, 3.05) is 39.3 Å². The Bertz CT molecular complexity index is 197. The standard InChI is InChI=1S/C19H40O3S/c1-3-4-5-6-7-8-9-12-19(13-10-18-23)22-15-11-14-21-17-16-20-2/h19,23H,3-18H2,1-2H3. The predicted molar refractivity (Wildman–Crippen MR) is 103 cm³/mol. The van der Waals surface area contributed by atoms with E-state index in [1.165, 1.54) is 51.4 Å². The van der Waals surface area contributed by atoms with Gasteiger partial charge in [0.15, 0.2) is 0 Å². The molecule has 0 heterocycles. The first-order valence-corrected chi connectivity index (χ1v) is 10.3. The van der Waals surface area contributed by atoms with E-state index in [9.17, 15) is 0 Å². The summed E-state index contributed by atoms with van der Waals surface area (Å²) in [6, 6.07) is 0. The molecule has 0 saturated carbocycles. The molecule has 0 saturated heterocycles. The molecule has 0 aliphatic carbocycles. The van der Waals surface area contributed by atoms with Crippen molar-refractivity contribution in [2.45, 2.75) is 83.7 Å². The van der Waals surface area contributed by atoms with Crippen LogP contribution in [0.4, 0.5) is 0 Å². The van der Waals surface area contributed by atoms with Crippen LogP contribution in [0.2, 0.25) is 0 Å². The van der Waals surface area contributed by atoms with Gasteiger partial charge in [-0.1, -0.05) is 51.9 Å². The van der Waals surface area contributed by atoms with E-state index in [2.05, 4.69) is 19.6 Å². The number of ether oxygens (including phenoxy) is 3. The highest BCUT2D eigenvalue weighted by Gasteiger charge is 2.08. The molecule has 23 heavy (non-hydrogen) atoms. The fourth-order valence-electron chi connectivity index (χ4n) is 2.61. The van der Waals surface area contributed by atoms with Gasteiger partial charge in [0.25, 0.3) is 0 Å². The van der Waals surface area contributed by atoms with Crippen LogP contribution in [0.25, 0.3) is 0 Å². The molecule has 0 spiro atoms. The lowest BCUT2D eigenvalue weighted by atomic mass is 10.0. The van der Waals surface area contributed by atoms with Crippen molar-refractivity contribution >= 4 is 12.6 Å². The smallest absolute Gasteiger partial charge is 0.0700 e. The number of rotatable bonds is 19. The van der Waals surface area contributed by atoms with Crippen LogP contribution in [-0.2, 0) is 14.2 Å². The summed E-state index contributed by atoms with van der Waals surface area (Å²) in [5.74, 6) is 0.955. The van der Waals surface area contributed by atoms with Crippen molar-refractivity contribution in [3.63, 3.8) is 0 Å². The summed E-state index contributed by atoms with van der Waals surface area (Å²) in [5, 5.41) is 0. The molecule has 0 aromatic heterocycles. The van der Waals surface area contributed by atoms with Crippen molar-refractivity contribution in [2.24, 2.45) is 0 Å². The van der Waals surface area contributed by atoms with E-state index in [1.807, 2.05) is 0 Å². The van der Waals surface area contributed by atoms with Crippen molar-refractivity contribution in [3.05, 3.63) is 0 Å². The Morgan fingerprint density at radius 1 is 0.739 bits per heavy atom. The molecule has 0 rings (SSSR count). The summed E-state index contributed by atoms with van der Waals surface area (Å²) in [4.78, 5) is 0. The SMILES string of the molecule is CCCCCCCCCC(CCCS)OCCCOCCOC. The van der Waals surface area contributed by atoms with E-state index in [0.717, 1.165) is 38.2 Å². The van der Waals surface area contributed by atoms with Crippen LogP contribution in [0.15, 0.2) is 0 Å². The van der Waals surface area contributed by atoms with Crippen LogP contribution < -0.4 is 0 Å². The predicted octanol–water partition coefficient (Wildman–Crippen LogP) is 5.28. The highest BCUT2D eigenvalue weighted by molar-refractivity contribution is 7.80. The summed E-state index contributed by atoms with van der Waals surface area (Å²) < 4.78 is 16.5. The van der Waals surface area contributed by atoms with Gasteiger partial charge in [0.05, 0.1) is 19.3 Å². The van der Waals surface area contributed by atoms with E-state index in [1.54, 1.807) is 7.11 Å². The van der Waals surface area contributed by atoms with Gasteiger partial charge in [0, 0.05) is 20.3 Å². The van der Waals surface area contributed by atoms with Gasteiger partial charge in [0.1, 0.15) is 0 Å². The largest absolute Gasteiger partial charge is 0.382 e. The molecule has 3 nitrogen and oxygen atoms in total. The van der Waals surface area contributed by atoms with Crippen LogP contribution in [0.1, 0.15) is 77.6 Å². The Morgan fingerprint density at radius 3 is 2.13 bits per heavy atom. The molecular formula is C19H40O3S. The molecular weight excluding hydrogens is 308 g/mol. The second kappa shape index (κ2) is 20.3. The van der Waals surface area contributed by atoms with E-state index < -0.39 is 0 Å². The molecule has 0 aliphatic heterocycles. The summed E-state index contributed by atoms with van der Waals surface area (Å²) in [5.41, 5.74) is 0. The number of thiol groups is 1. The third-order valence-corrected chi connectivity index (χ3v) is 4.35. The highest BCUT2D eigenvalue weighted by atomic mass is 32.1. The number of unbranched alkanes of at least 4 members (excludes halogenated alkanes) is 6. The Morgan fingerprint density at radius 2 is 1.43 bits per heavy atom. The maximum atomic E-state index is 6.05. The fourth-order valence-corrected chi connectivity index (χ4v) is 2.80. The lowest BCUT2D eigenvalue weighted by Crippen LogP contribution is -2.15. The van der Waals surface area contributed by atoms with Crippen LogP contribution in [0, 0.1) is 0 Å². The van der Waals surface area contributed by atoms with Crippen molar-refractivity contribution < 1.29 is 14.2 Å². The minimum atomic E-state index is 0.414. The molecule has 0 aliphatic rings. The Labute approximate surface area is 150 Å². The highest BCUT2D eigenvalue weighted by Crippen LogP contribution is 2.15. The summed E-state index contributed by atoms with van der Waals surface area (Å²) in [6.45, 7) is 5.19. The van der Waals surface area contributed by atoms with Gasteiger partial charge in [-0.2, -0.15) is 12.6 Å². The third kappa shape index (κ3) is 18.4. The first-order valence-electron chi connectivity index (χ1n) is 9.64. The Kier molecular flexibility index (Phi) is 20.5. The topological polar surface area (TPSA) is 27.7 Å². The Hall–Kier alpha value is 0.230. The molecule has 0 aromatic carbocycles. The first kappa shape index (κ1) is 23.2. The third-order valence-electron chi connectivity index (χ3n) is 4.03. The molecule has 0 N–H and O–H groups in total. The average Bonchev–Trinajstić information content (AvgIpc) is 2.57. The second-order valence-corrected chi connectivity index (χ2v) is 6.67. The van der Waals surface area contributed by atoms with Gasteiger partial charge in [-0.15, -0.1) is 0 Å². The van der Waals surface area contributed by atoms with Gasteiger partial charge in [-0.3, -0.25) is 0 Å². The monoisotopic (exact) mass is 348 g/mol. The van der Waals surface area contributed by atoms with Gasteiger partial charge in [-0.05, 0) is 31.4 Å². The van der Waals surface area contributed by atoms with Gasteiger partial charge in [0.2, 0.25) is 0 Å². The average molecular weight is 349 g/mol. The Balaban J connectivity index is 3.56. The molecule has 140 valence electrons. The zero-order valence-electron chi connectivity index (χ0n) is 15.6. The zero-order valence-corrected chi connectivity index (χ0v) is 16.5. The minimum Gasteiger partial charge on any atom is -0.382 e. The summed E-state index contributed by atoms with van der Waals surface area (Å²) in [7, 11) is 1.70. The van der Waals surface area contributed by atoms with Gasteiger partial charge >= 0.3 is 0 Å². The van der Waals surface area contributed by atoms with E-state index in [0.29, 0.717) is 19.3 Å². The quantitative estimate of drug-likeness (QED) is 0.254. The van der Waals surface area contributed by atoms with E-state index >= 15 is 0 Å². The van der Waals surface area contributed by atoms with Crippen LogP contribution in [0.3, 0.4) is 0 Å². The molecule has 0 bridgehead atoms. The fraction of sp³-hybridized carbons (Fsp3) is 1.00. The number of hydrogen-bond acceptors (Lipinski definition) is 4. The van der Waals surface area contributed by atoms with E-state index in [-0.39, 0.29) is 0 Å². The number of hydrogen-bond donors (Lipinski definition) is 1. The first-order chi connectivity index (χ1) is 11.3. The van der Waals surface area contributed by atoms with E-state index in [4.69, 9.17) is 14.2 Å². The van der Waals surface area contributed by atoms with Crippen LogP contribution in [0.5, 0.6) is 0 Å². The van der Waals surface area contributed by atoms with Gasteiger partial charge in [-0.25, -0.2) is 0 Å². The van der Waals surface area contributed by atoms with Crippen molar-refractivity contribution in [3.8, 4) is 0 Å². The van der Waals surface area contributed by atoms with Crippen LogP contribution in [-0.4, -0.2) is 45.4 Å². The molecule has 0 amide bonds. The van der Waals surface area contributed by atoms with Crippen molar-refractivity contribution in [1.29, 1.82) is 0 Å². The van der Waals surface area contributed by atoms with Crippen molar-refractivity contribution in [1.82, 2.24) is 0 Å². The maximum Gasteiger partial charge on any atom is 0.0700 e. The lowest BCUT2D eigenvalue weighted by molar-refractivity contribution is 0.0157. The molecule has 4 heteroatoms.